The third kappa shape index (κ3) is 2.66. The highest BCUT2D eigenvalue weighted by molar-refractivity contribution is 7.94. The Balaban J connectivity index is 1.73. The van der Waals surface area contributed by atoms with Gasteiger partial charge in [-0.2, -0.15) is 0 Å². The topological polar surface area (TPSA) is 59.3 Å². The first-order valence-electron chi connectivity index (χ1n) is 7.63. The summed E-state index contributed by atoms with van der Waals surface area (Å²) in [5.74, 6) is 1.69. The number of benzene rings is 1. The van der Waals surface area contributed by atoms with Crippen LogP contribution in [-0.4, -0.2) is 8.42 Å². The molecular formula is C17H17NO3S2. The van der Waals surface area contributed by atoms with Crippen LogP contribution in [0.4, 0.5) is 5.69 Å². The van der Waals surface area contributed by atoms with E-state index in [2.05, 4.69) is 11.6 Å². The molecule has 4 rings (SSSR count). The third-order valence-electron chi connectivity index (χ3n) is 4.30. The standard InChI is InChI=1S/C17H17NO3S2/c1-11-4-6-15-13(9-11)14-10-12(5-7-16(14)21-15)18-23(19,20)17-3-2-8-22-17/h2-3,5,7-8,10-11,18H,4,6,9H2,1H3/t11-/m1/s1. The average molecular weight is 347 g/mol. The normalized spacial score (nSPS) is 18.0. The number of rotatable bonds is 3. The van der Waals surface area contributed by atoms with Crippen molar-refractivity contribution in [3.8, 4) is 0 Å². The Morgan fingerprint density at radius 3 is 2.96 bits per heavy atom. The van der Waals surface area contributed by atoms with Crippen LogP contribution in [0.2, 0.25) is 0 Å². The van der Waals surface area contributed by atoms with Gasteiger partial charge in [0.2, 0.25) is 0 Å². The fourth-order valence-corrected chi connectivity index (χ4v) is 5.18. The molecule has 0 unspecified atom stereocenters. The van der Waals surface area contributed by atoms with Crippen molar-refractivity contribution in [1.29, 1.82) is 0 Å². The lowest BCUT2D eigenvalue weighted by atomic mass is 9.88. The molecule has 1 N–H and O–H groups in total. The quantitative estimate of drug-likeness (QED) is 0.763. The van der Waals surface area contributed by atoms with Crippen molar-refractivity contribution in [2.75, 3.05) is 4.72 Å². The van der Waals surface area contributed by atoms with Crippen molar-refractivity contribution >= 4 is 38.0 Å². The van der Waals surface area contributed by atoms with Crippen LogP contribution in [0.25, 0.3) is 11.0 Å². The first kappa shape index (κ1) is 14.8. The van der Waals surface area contributed by atoms with E-state index >= 15 is 0 Å². The maximum atomic E-state index is 12.4. The summed E-state index contributed by atoms with van der Waals surface area (Å²) in [6.45, 7) is 2.24. The Morgan fingerprint density at radius 1 is 1.30 bits per heavy atom. The number of anilines is 1. The summed E-state index contributed by atoms with van der Waals surface area (Å²) in [4.78, 5) is 0. The zero-order valence-electron chi connectivity index (χ0n) is 12.7. The number of nitrogens with one attached hydrogen (secondary N) is 1. The van der Waals surface area contributed by atoms with Crippen LogP contribution >= 0.6 is 11.3 Å². The lowest BCUT2D eigenvalue weighted by Crippen LogP contribution is -2.11. The van der Waals surface area contributed by atoms with E-state index in [-0.39, 0.29) is 0 Å². The van der Waals surface area contributed by atoms with Gasteiger partial charge in [0, 0.05) is 23.1 Å². The Labute approximate surface area is 139 Å². The molecule has 2 aromatic heterocycles. The number of fused-ring (bicyclic) bond motifs is 3. The number of sulfonamides is 1. The van der Waals surface area contributed by atoms with Gasteiger partial charge >= 0.3 is 0 Å². The van der Waals surface area contributed by atoms with Gasteiger partial charge in [-0.15, -0.1) is 11.3 Å². The molecular weight excluding hydrogens is 330 g/mol. The second-order valence-corrected chi connectivity index (χ2v) is 8.96. The van der Waals surface area contributed by atoms with E-state index in [0.717, 1.165) is 36.0 Å². The zero-order chi connectivity index (χ0) is 16.0. The fraction of sp³-hybridized carbons (Fsp3) is 0.294. The smallest absolute Gasteiger partial charge is 0.271 e. The number of aryl methyl sites for hydroxylation is 1. The molecule has 3 aromatic rings. The van der Waals surface area contributed by atoms with Crippen molar-refractivity contribution < 1.29 is 12.8 Å². The molecule has 1 aromatic carbocycles. The number of hydrogen-bond donors (Lipinski definition) is 1. The van der Waals surface area contributed by atoms with Gasteiger partial charge in [0.05, 0.1) is 0 Å². The minimum absolute atomic E-state index is 0.320. The molecule has 0 spiro atoms. The van der Waals surface area contributed by atoms with Crippen molar-refractivity contribution in [1.82, 2.24) is 0 Å². The third-order valence-corrected chi connectivity index (χ3v) is 7.08. The van der Waals surface area contributed by atoms with Crippen molar-refractivity contribution in [3.63, 3.8) is 0 Å². The molecule has 1 atom stereocenters. The summed E-state index contributed by atoms with van der Waals surface area (Å²) in [7, 11) is -3.52. The summed E-state index contributed by atoms with van der Waals surface area (Å²) < 4.78 is 33.6. The highest BCUT2D eigenvalue weighted by atomic mass is 32.2. The van der Waals surface area contributed by atoms with Crippen LogP contribution in [0, 0.1) is 5.92 Å². The summed E-state index contributed by atoms with van der Waals surface area (Å²) in [6.07, 6.45) is 3.09. The monoisotopic (exact) mass is 347 g/mol. The Kier molecular flexibility index (Phi) is 3.46. The van der Waals surface area contributed by atoms with Gasteiger partial charge in [0.1, 0.15) is 15.6 Å². The summed E-state index contributed by atoms with van der Waals surface area (Å²) in [6, 6.07) is 8.83. The zero-order valence-corrected chi connectivity index (χ0v) is 14.3. The molecule has 0 bridgehead atoms. The Hall–Kier alpha value is -1.79. The fourth-order valence-electron chi connectivity index (χ4n) is 3.14. The van der Waals surface area contributed by atoms with Gasteiger partial charge < -0.3 is 4.42 Å². The van der Waals surface area contributed by atoms with Gasteiger partial charge in [0.15, 0.2) is 0 Å². The molecule has 0 aliphatic heterocycles. The molecule has 0 fully saturated rings. The van der Waals surface area contributed by atoms with E-state index in [1.807, 2.05) is 12.1 Å². The number of thiophene rings is 1. The second kappa shape index (κ2) is 5.39. The minimum atomic E-state index is -3.52. The van der Waals surface area contributed by atoms with E-state index < -0.39 is 10.0 Å². The SMILES string of the molecule is C[C@@H]1CCc2oc3ccc(NS(=O)(=O)c4cccs4)cc3c2C1. The molecule has 6 heteroatoms. The maximum absolute atomic E-state index is 12.4. The maximum Gasteiger partial charge on any atom is 0.271 e. The van der Waals surface area contributed by atoms with Gasteiger partial charge in [-0.1, -0.05) is 13.0 Å². The molecule has 1 aliphatic carbocycles. The van der Waals surface area contributed by atoms with Crippen LogP contribution in [0.1, 0.15) is 24.7 Å². The highest BCUT2D eigenvalue weighted by Crippen LogP contribution is 2.35. The lowest BCUT2D eigenvalue weighted by molar-refractivity contribution is 0.438. The Bertz CT molecular complexity index is 955. The molecule has 4 nitrogen and oxygen atoms in total. The largest absolute Gasteiger partial charge is 0.461 e. The summed E-state index contributed by atoms with van der Waals surface area (Å²) in [5, 5.41) is 2.78. The lowest BCUT2D eigenvalue weighted by Gasteiger charge is -2.16. The Morgan fingerprint density at radius 2 is 2.17 bits per heavy atom. The summed E-state index contributed by atoms with van der Waals surface area (Å²) >= 11 is 1.21. The molecule has 2 heterocycles. The van der Waals surface area contributed by atoms with Gasteiger partial charge in [-0.05, 0) is 48.4 Å². The number of furan rings is 1. The number of hydrogen-bond acceptors (Lipinski definition) is 4. The van der Waals surface area contributed by atoms with Crippen LogP contribution in [0.15, 0.2) is 44.3 Å². The van der Waals surface area contributed by atoms with E-state index in [1.54, 1.807) is 23.6 Å². The average Bonchev–Trinajstić information content (AvgIpc) is 3.15. The van der Waals surface area contributed by atoms with Gasteiger partial charge in [-0.3, -0.25) is 4.72 Å². The van der Waals surface area contributed by atoms with E-state index in [9.17, 15) is 8.42 Å². The highest BCUT2D eigenvalue weighted by Gasteiger charge is 2.22. The van der Waals surface area contributed by atoms with Crippen LogP contribution in [0.5, 0.6) is 0 Å². The molecule has 0 radical (unpaired) electrons. The van der Waals surface area contributed by atoms with Gasteiger partial charge in [0.25, 0.3) is 10.0 Å². The molecule has 23 heavy (non-hydrogen) atoms. The second-order valence-electron chi connectivity index (χ2n) is 6.10. The van der Waals surface area contributed by atoms with Crippen molar-refractivity contribution in [2.45, 2.75) is 30.4 Å². The molecule has 0 saturated carbocycles. The van der Waals surface area contributed by atoms with Crippen LogP contribution in [0.3, 0.4) is 0 Å². The van der Waals surface area contributed by atoms with Gasteiger partial charge in [-0.25, -0.2) is 8.42 Å². The molecule has 120 valence electrons. The minimum Gasteiger partial charge on any atom is -0.461 e. The predicted octanol–water partition coefficient (Wildman–Crippen LogP) is 4.42. The molecule has 0 amide bonds. The van der Waals surface area contributed by atoms with Crippen LogP contribution < -0.4 is 4.72 Å². The van der Waals surface area contributed by atoms with E-state index in [0.29, 0.717) is 15.8 Å². The van der Waals surface area contributed by atoms with Crippen molar-refractivity contribution in [2.24, 2.45) is 5.92 Å². The van der Waals surface area contributed by atoms with E-state index in [1.165, 1.54) is 16.9 Å². The van der Waals surface area contributed by atoms with Crippen LogP contribution in [-0.2, 0) is 22.9 Å². The van der Waals surface area contributed by atoms with Crippen molar-refractivity contribution in [3.05, 3.63) is 47.0 Å². The van der Waals surface area contributed by atoms with E-state index in [4.69, 9.17) is 4.42 Å². The predicted molar refractivity (Wildman–Crippen MR) is 92.5 cm³/mol. The first-order valence-corrected chi connectivity index (χ1v) is 10.00. The molecule has 0 saturated heterocycles. The molecule has 1 aliphatic rings. The summed E-state index contributed by atoms with van der Waals surface area (Å²) in [5.41, 5.74) is 2.65. The first-order chi connectivity index (χ1) is 11.0.